The highest BCUT2D eigenvalue weighted by molar-refractivity contribution is 5.82. The van der Waals surface area contributed by atoms with Gasteiger partial charge in [-0.2, -0.15) is 0 Å². The number of hydrogen-bond acceptors (Lipinski definition) is 3. The van der Waals surface area contributed by atoms with Gasteiger partial charge in [-0.15, -0.1) is 0 Å². The first-order valence-electron chi connectivity index (χ1n) is 11.2. The molecule has 2 aromatic carbocycles. The molecule has 5 nitrogen and oxygen atoms in total. The minimum absolute atomic E-state index is 0.107. The van der Waals surface area contributed by atoms with Gasteiger partial charge in [-0.25, -0.2) is 4.39 Å². The Labute approximate surface area is 181 Å². The summed E-state index contributed by atoms with van der Waals surface area (Å²) in [5, 5.41) is 2.97. The van der Waals surface area contributed by atoms with Gasteiger partial charge in [0, 0.05) is 18.5 Å². The molecule has 5 rings (SSSR count). The summed E-state index contributed by atoms with van der Waals surface area (Å²) in [5.41, 5.74) is 3.02. The molecule has 0 bridgehead atoms. The second-order valence-electron chi connectivity index (χ2n) is 8.91. The topological polar surface area (TPSA) is 58.6 Å². The van der Waals surface area contributed by atoms with Crippen molar-refractivity contribution < 1.29 is 18.7 Å². The van der Waals surface area contributed by atoms with Gasteiger partial charge >= 0.3 is 0 Å². The number of halogens is 1. The van der Waals surface area contributed by atoms with Crippen LogP contribution in [0, 0.1) is 11.7 Å². The maximum absolute atomic E-state index is 13.6. The molecular weight excluding hydrogens is 395 g/mol. The number of nitrogens with one attached hydrogen (secondary N) is 1. The van der Waals surface area contributed by atoms with Gasteiger partial charge in [0.1, 0.15) is 11.6 Å². The molecule has 0 saturated heterocycles. The average molecular weight is 423 g/mol. The lowest BCUT2D eigenvalue weighted by molar-refractivity contribution is -0.134. The minimum Gasteiger partial charge on any atom is -0.481 e. The number of carbonyl (C=O) groups excluding carboxylic acids is 2. The van der Waals surface area contributed by atoms with Crippen LogP contribution in [0.3, 0.4) is 0 Å². The Hall–Kier alpha value is -2.89. The van der Waals surface area contributed by atoms with Crippen molar-refractivity contribution in [2.45, 2.75) is 57.2 Å². The van der Waals surface area contributed by atoms with E-state index in [1.807, 2.05) is 23.1 Å². The Bertz CT molecular complexity index is 998. The van der Waals surface area contributed by atoms with Crippen LogP contribution >= 0.6 is 0 Å². The molecule has 2 unspecified atom stereocenters. The van der Waals surface area contributed by atoms with Crippen LogP contribution in [0.1, 0.15) is 55.3 Å². The largest absolute Gasteiger partial charge is 0.481 e. The summed E-state index contributed by atoms with van der Waals surface area (Å²) >= 11 is 0. The molecule has 2 aliphatic carbocycles. The summed E-state index contributed by atoms with van der Waals surface area (Å²) < 4.78 is 19.5. The normalized spacial score (nSPS) is 21.2. The van der Waals surface area contributed by atoms with Gasteiger partial charge in [-0.05, 0) is 80.0 Å². The van der Waals surface area contributed by atoms with Crippen LogP contribution in [0.25, 0.3) is 0 Å². The van der Waals surface area contributed by atoms with Gasteiger partial charge < -0.3 is 15.0 Å². The summed E-state index contributed by atoms with van der Waals surface area (Å²) in [5.74, 6) is 0.469. The van der Waals surface area contributed by atoms with E-state index in [0.29, 0.717) is 12.3 Å². The fourth-order valence-electron chi connectivity index (χ4n) is 4.28. The molecule has 2 aromatic rings. The molecule has 6 heteroatoms. The summed E-state index contributed by atoms with van der Waals surface area (Å²) in [6.45, 7) is 2.39. The van der Waals surface area contributed by atoms with Crippen molar-refractivity contribution in [3.05, 3.63) is 65.0 Å². The van der Waals surface area contributed by atoms with Crippen LogP contribution in [0.15, 0.2) is 42.5 Å². The van der Waals surface area contributed by atoms with E-state index >= 15 is 0 Å². The van der Waals surface area contributed by atoms with Crippen LogP contribution in [-0.4, -0.2) is 35.4 Å². The Morgan fingerprint density at radius 2 is 1.84 bits per heavy atom. The van der Waals surface area contributed by atoms with Gasteiger partial charge in [0.05, 0.1) is 6.04 Å². The second kappa shape index (κ2) is 7.98. The van der Waals surface area contributed by atoms with Crippen LogP contribution in [0.4, 0.5) is 4.39 Å². The van der Waals surface area contributed by atoms with Crippen molar-refractivity contribution in [3.8, 4) is 5.75 Å². The van der Waals surface area contributed by atoms with Gasteiger partial charge in [0.2, 0.25) is 5.91 Å². The number of ether oxygens (including phenoxy) is 1. The Balaban J connectivity index is 1.45. The third kappa shape index (κ3) is 4.29. The quantitative estimate of drug-likeness (QED) is 0.771. The fourth-order valence-corrected chi connectivity index (χ4v) is 4.28. The first kappa shape index (κ1) is 20.0. The lowest BCUT2D eigenvalue weighted by Gasteiger charge is -2.38. The van der Waals surface area contributed by atoms with E-state index in [1.54, 1.807) is 19.1 Å². The molecule has 2 saturated carbocycles. The lowest BCUT2D eigenvalue weighted by Crippen LogP contribution is -2.41. The summed E-state index contributed by atoms with van der Waals surface area (Å²) in [4.78, 5) is 27.3. The van der Waals surface area contributed by atoms with E-state index in [4.69, 9.17) is 4.74 Å². The molecule has 2 fully saturated rings. The standard InChI is InChI=1S/C25H27FN2O3/c1-15(24(29)27-20-9-10-20)31-21-11-6-16-12-13-28(25(30)18-2-3-18)23(22(16)14-21)17-4-7-19(26)8-5-17/h4-8,11,14-15,18,20,23H,2-3,9-10,12-13H2,1H3,(H,27,29). The van der Waals surface area contributed by atoms with Gasteiger partial charge in [-0.1, -0.05) is 18.2 Å². The molecule has 0 radical (unpaired) electrons. The smallest absolute Gasteiger partial charge is 0.260 e. The maximum atomic E-state index is 13.6. The van der Waals surface area contributed by atoms with Crippen LogP contribution < -0.4 is 10.1 Å². The van der Waals surface area contributed by atoms with Gasteiger partial charge in [-0.3, -0.25) is 9.59 Å². The molecule has 162 valence electrons. The number of fused-ring (bicyclic) bond motifs is 1. The monoisotopic (exact) mass is 422 g/mol. The first-order valence-corrected chi connectivity index (χ1v) is 11.2. The summed E-state index contributed by atoms with van der Waals surface area (Å²) in [6, 6.07) is 12.2. The number of hydrogen-bond donors (Lipinski definition) is 1. The van der Waals surface area contributed by atoms with Gasteiger partial charge in [0.25, 0.3) is 5.91 Å². The summed E-state index contributed by atoms with van der Waals surface area (Å²) in [7, 11) is 0. The van der Waals surface area contributed by atoms with Crippen molar-refractivity contribution in [1.82, 2.24) is 10.2 Å². The molecule has 1 N–H and O–H groups in total. The number of benzene rings is 2. The highest BCUT2D eigenvalue weighted by Crippen LogP contribution is 2.41. The highest BCUT2D eigenvalue weighted by Gasteiger charge is 2.39. The molecule has 2 amide bonds. The Morgan fingerprint density at radius 3 is 2.52 bits per heavy atom. The average Bonchev–Trinajstić information content (AvgIpc) is 3.67. The fraction of sp³-hybridized carbons (Fsp3) is 0.440. The molecule has 3 aliphatic rings. The number of rotatable bonds is 6. The van der Waals surface area contributed by atoms with E-state index < -0.39 is 6.10 Å². The molecule has 0 aromatic heterocycles. The number of amides is 2. The molecule has 1 aliphatic heterocycles. The predicted octanol–water partition coefficient (Wildman–Crippen LogP) is 3.76. The van der Waals surface area contributed by atoms with Crippen molar-refractivity contribution in [1.29, 1.82) is 0 Å². The van der Waals surface area contributed by atoms with E-state index in [9.17, 15) is 14.0 Å². The number of nitrogens with zero attached hydrogens (tertiary/aromatic N) is 1. The zero-order valence-corrected chi connectivity index (χ0v) is 17.6. The molecule has 1 heterocycles. The molecule has 0 spiro atoms. The highest BCUT2D eigenvalue weighted by atomic mass is 19.1. The van der Waals surface area contributed by atoms with E-state index in [0.717, 1.165) is 48.8 Å². The maximum Gasteiger partial charge on any atom is 0.260 e. The van der Waals surface area contributed by atoms with Crippen LogP contribution in [-0.2, 0) is 16.0 Å². The van der Waals surface area contributed by atoms with E-state index in [-0.39, 0.29) is 35.6 Å². The zero-order valence-electron chi connectivity index (χ0n) is 17.6. The van der Waals surface area contributed by atoms with Crippen molar-refractivity contribution >= 4 is 11.8 Å². The van der Waals surface area contributed by atoms with Crippen molar-refractivity contribution in [2.75, 3.05) is 6.54 Å². The molecule has 31 heavy (non-hydrogen) atoms. The Kier molecular flexibility index (Phi) is 5.16. The molecular formula is C25H27FN2O3. The van der Waals surface area contributed by atoms with Crippen molar-refractivity contribution in [3.63, 3.8) is 0 Å². The first-order chi connectivity index (χ1) is 15.0. The predicted molar refractivity (Wildman–Crippen MR) is 114 cm³/mol. The Morgan fingerprint density at radius 1 is 1.10 bits per heavy atom. The minimum atomic E-state index is -0.601. The van der Waals surface area contributed by atoms with E-state index in [1.165, 1.54) is 12.1 Å². The second-order valence-corrected chi connectivity index (χ2v) is 8.91. The van der Waals surface area contributed by atoms with Gasteiger partial charge in [0.15, 0.2) is 6.10 Å². The molecule has 2 atom stereocenters. The summed E-state index contributed by atoms with van der Waals surface area (Å²) in [6.07, 6.45) is 4.10. The van der Waals surface area contributed by atoms with Crippen molar-refractivity contribution in [2.24, 2.45) is 5.92 Å². The van der Waals surface area contributed by atoms with E-state index in [2.05, 4.69) is 5.32 Å². The number of carbonyl (C=O) groups is 2. The third-order valence-corrected chi connectivity index (χ3v) is 6.35. The third-order valence-electron chi connectivity index (χ3n) is 6.35. The lowest BCUT2D eigenvalue weighted by atomic mass is 9.87. The van der Waals surface area contributed by atoms with Crippen LogP contribution in [0.5, 0.6) is 5.75 Å². The zero-order chi connectivity index (χ0) is 21.5. The SMILES string of the molecule is CC(Oc1ccc2c(c1)C(c1ccc(F)cc1)N(C(=O)C1CC1)CC2)C(=O)NC1CC1. The van der Waals surface area contributed by atoms with Crippen LogP contribution in [0.2, 0.25) is 0 Å².